The Morgan fingerprint density at radius 2 is 1.29 bits per heavy atom. The summed E-state index contributed by atoms with van der Waals surface area (Å²) in [5.74, 6) is -1.85. The molecule has 2 bridgehead atoms. The Hall–Kier alpha value is -2.75. The highest BCUT2D eigenvalue weighted by Crippen LogP contribution is 2.64. The molecule has 0 radical (unpaired) electrons. The number of hydrogen-bond acceptors (Lipinski definition) is 3. The molecule has 118 valence electrons. The van der Waals surface area contributed by atoms with Crippen molar-refractivity contribution in [1.29, 1.82) is 0 Å². The molecule has 1 aliphatic heterocycles. The Bertz CT molecular complexity index is 898. The molecule has 4 heteroatoms. The molecule has 0 spiro atoms. The fourth-order valence-corrected chi connectivity index (χ4v) is 5.40. The highest BCUT2D eigenvalue weighted by Gasteiger charge is 2.70. The third-order valence-corrected chi connectivity index (χ3v) is 6.31. The van der Waals surface area contributed by atoms with Gasteiger partial charge >= 0.3 is 0 Å². The minimum atomic E-state index is -1.09. The Labute approximate surface area is 138 Å². The van der Waals surface area contributed by atoms with Gasteiger partial charge in [-0.1, -0.05) is 55.5 Å². The van der Waals surface area contributed by atoms with Crippen LogP contribution in [-0.4, -0.2) is 18.1 Å². The van der Waals surface area contributed by atoms with Gasteiger partial charge in [0.15, 0.2) is 0 Å². The van der Waals surface area contributed by atoms with Gasteiger partial charge in [-0.3, -0.25) is 14.9 Å². The summed E-state index contributed by atoms with van der Waals surface area (Å²) >= 11 is 0. The maximum absolute atomic E-state index is 12.6. The van der Waals surface area contributed by atoms with E-state index in [4.69, 9.17) is 0 Å². The zero-order chi connectivity index (χ0) is 16.7. The van der Waals surface area contributed by atoms with Crippen molar-refractivity contribution in [2.75, 3.05) is 0 Å². The van der Waals surface area contributed by atoms with Crippen molar-refractivity contribution in [3.05, 3.63) is 70.8 Å². The van der Waals surface area contributed by atoms with Crippen LogP contribution in [0.3, 0.4) is 0 Å². The molecule has 1 fully saturated rings. The van der Waals surface area contributed by atoms with E-state index < -0.39 is 22.7 Å². The summed E-state index contributed by atoms with van der Waals surface area (Å²) in [5, 5.41) is 2.48. The van der Waals surface area contributed by atoms with Gasteiger partial charge in [-0.05, 0) is 22.3 Å². The third-order valence-electron chi connectivity index (χ3n) is 6.31. The lowest BCUT2D eigenvalue weighted by Gasteiger charge is -2.56. The maximum atomic E-state index is 12.6. The van der Waals surface area contributed by atoms with Gasteiger partial charge in [0, 0.05) is 5.41 Å². The van der Waals surface area contributed by atoms with Gasteiger partial charge in [-0.15, -0.1) is 0 Å². The zero-order valence-corrected chi connectivity index (χ0v) is 13.1. The molecular weight excluding hydrogens is 302 g/mol. The molecule has 2 aromatic rings. The molecule has 0 unspecified atom stereocenters. The number of aldehydes is 1. The third kappa shape index (κ3) is 1.16. The molecule has 4 aliphatic rings. The molecule has 6 rings (SSSR count). The van der Waals surface area contributed by atoms with Gasteiger partial charge in [0.2, 0.25) is 11.8 Å². The van der Waals surface area contributed by atoms with E-state index in [1.54, 1.807) is 0 Å². The molecule has 3 aliphatic carbocycles. The van der Waals surface area contributed by atoms with Crippen molar-refractivity contribution in [1.82, 2.24) is 5.32 Å². The number of nitrogens with one attached hydrogen (secondary N) is 1. The van der Waals surface area contributed by atoms with E-state index in [-0.39, 0.29) is 11.8 Å². The van der Waals surface area contributed by atoms with E-state index in [1.165, 1.54) is 0 Å². The summed E-state index contributed by atoms with van der Waals surface area (Å²) in [6, 6.07) is 15.4. The summed E-state index contributed by atoms with van der Waals surface area (Å²) in [6.45, 7) is 2.02. The second kappa shape index (κ2) is 4.01. The molecule has 1 N–H and O–H groups in total. The monoisotopic (exact) mass is 317 g/mol. The first-order valence-corrected chi connectivity index (χ1v) is 8.08. The highest BCUT2D eigenvalue weighted by atomic mass is 16.2. The normalized spacial score (nSPS) is 35.0. The van der Waals surface area contributed by atoms with Crippen molar-refractivity contribution in [3.8, 4) is 0 Å². The van der Waals surface area contributed by atoms with E-state index in [1.807, 2.05) is 55.5 Å². The SMILES string of the molecule is CC12c3ccccc3C(C=O)(c3ccccc31)[C@@H]1C(=O)NC(=O)[C@H]12. The Kier molecular flexibility index (Phi) is 2.28. The largest absolute Gasteiger partial charge is 0.302 e. The zero-order valence-electron chi connectivity index (χ0n) is 13.1. The Morgan fingerprint density at radius 1 is 0.833 bits per heavy atom. The first-order chi connectivity index (χ1) is 11.6. The number of rotatable bonds is 1. The van der Waals surface area contributed by atoms with Crippen LogP contribution < -0.4 is 5.32 Å². The quantitative estimate of drug-likeness (QED) is 0.643. The van der Waals surface area contributed by atoms with Gasteiger partial charge in [0.1, 0.15) is 6.29 Å². The predicted molar refractivity (Wildman–Crippen MR) is 86.3 cm³/mol. The smallest absolute Gasteiger partial charge is 0.232 e. The van der Waals surface area contributed by atoms with E-state index in [2.05, 4.69) is 5.32 Å². The Morgan fingerprint density at radius 3 is 1.79 bits per heavy atom. The summed E-state index contributed by atoms with van der Waals surface area (Å²) < 4.78 is 0. The van der Waals surface area contributed by atoms with E-state index in [9.17, 15) is 14.4 Å². The van der Waals surface area contributed by atoms with Gasteiger partial charge < -0.3 is 4.79 Å². The molecule has 0 saturated carbocycles. The van der Waals surface area contributed by atoms with Crippen LogP contribution in [0.15, 0.2) is 48.5 Å². The fraction of sp³-hybridized carbons (Fsp3) is 0.250. The van der Waals surface area contributed by atoms with Crippen LogP contribution in [0.1, 0.15) is 29.2 Å². The van der Waals surface area contributed by atoms with Gasteiger partial charge in [-0.25, -0.2) is 0 Å². The molecule has 4 nitrogen and oxygen atoms in total. The lowest BCUT2D eigenvalue weighted by Crippen LogP contribution is -2.61. The van der Waals surface area contributed by atoms with Crippen LogP contribution in [0, 0.1) is 11.8 Å². The lowest BCUT2D eigenvalue weighted by atomic mass is 9.42. The number of hydrogen-bond donors (Lipinski definition) is 1. The van der Waals surface area contributed by atoms with Crippen LogP contribution in [0.5, 0.6) is 0 Å². The van der Waals surface area contributed by atoms with E-state index >= 15 is 0 Å². The average Bonchev–Trinajstić information content (AvgIpc) is 2.92. The molecular formula is C20H15NO3. The second-order valence-electron chi connectivity index (χ2n) is 7.09. The predicted octanol–water partition coefficient (Wildman–Crippen LogP) is 1.69. The Balaban J connectivity index is 2.02. The van der Waals surface area contributed by atoms with Crippen LogP contribution >= 0.6 is 0 Å². The maximum Gasteiger partial charge on any atom is 0.232 e. The summed E-state index contributed by atoms with van der Waals surface area (Å²) in [6.07, 6.45) is 0.874. The molecule has 2 aromatic carbocycles. The number of carbonyl (C=O) groups excluding carboxylic acids is 3. The molecule has 24 heavy (non-hydrogen) atoms. The molecule has 0 aromatic heterocycles. The van der Waals surface area contributed by atoms with Crippen LogP contribution in [0.25, 0.3) is 0 Å². The molecule has 1 saturated heterocycles. The first-order valence-electron chi connectivity index (χ1n) is 8.08. The number of imide groups is 1. The fourth-order valence-electron chi connectivity index (χ4n) is 5.40. The van der Waals surface area contributed by atoms with Crippen LogP contribution in [-0.2, 0) is 25.2 Å². The van der Waals surface area contributed by atoms with Crippen molar-refractivity contribution in [2.24, 2.45) is 11.8 Å². The number of benzene rings is 2. The van der Waals surface area contributed by atoms with Crippen LogP contribution in [0.2, 0.25) is 0 Å². The van der Waals surface area contributed by atoms with Crippen molar-refractivity contribution >= 4 is 18.1 Å². The summed E-state index contributed by atoms with van der Waals surface area (Å²) in [7, 11) is 0. The van der Waals surface area contributed by atoms with Gasteiger partial charge in [0.25, 0.3) is 0 Å². The second-order valence-corrected chi connectivity index (χ2v) is 7.09. The first kappa shape index (κ1) is 13.7. The molecule has 2 atom stereocenters. The van der Waals surface area contributed by atoms with E-state index in [0.717, 1.165) is 28.5 Å². The van der Waals surface area contributed by atoms with Crippen molar-refractivity contribution in [3.63, 3.8) is 0 Å². The number of carbonyl (C=O) groups is 3. The lowest BCUT2D eigenvalue weighted by molar-refractivity contribution is -0.130. The summed E-state index contributed by atoms with van der Waals surface area (Å²) in [4.78, 5) is 37.8. The van der Waals surface area contributed by atoms with Crippen molar-refractivity contribution < 1.29 is 14.4 Å². The molecule has 2 amide bonds. The van der Waals surface area contributed by atoms with Crippen LogP contribution in [0.4, 0.5) is 0 Å². The standard InChI is InChI=1S/C20H15NO3/c1-19-11-6-2-4-8-13(11)20(10-22,14-9-5-3-7-12(14)19)16-15(19)17(23)21-18(16)24/h2-10,15-16H,1H3,(H,21,23,24)/t15-,16-,19?,20?/m0/s1. The summed E-state index contributed by atoms with van der Waals surface area (Å²) in [5.41, 5.74) is 1.95. The van der Waals surface area contributed by atoms with E-state index in [0.29, 0.717) is 0 Å². The topological polar surface area (TPSA) is 63.2 Å². The van der Waals surface area contributed by atoms with Gasteiger partial charge in [-0.2, -0.15) is 0 Å². The minimum absolute atomic E-state index is 0.275. The minimum Gasteiger partial charge on any atom is -0.302 e. The highest BCUT2D eigenvalue weighted by molar-refractivity contribution is 6.11. The molecule has 1 heterocycles. The van der Waals surface area contributed by atoms with Crippen molar-refractivity contribution in [2.45, 2.75) is 17.8 Å². The average molecular weight is 317 g/mol. The van der Waals surface area contributed by atoms with Gasteiger partial charge in [0.05, 0.1) is 17.3 Å². The number of amides is 2.